The molecular weight excluding hydrogens is 326 g/mol. The lowest BCUT2D eigenvalue weighted by molar-refractivity contribution is 0.969. The molecule has 27 heavy (non-hydrogen) atoms. The number of rotatable bonds is 3. The van der Waals surface area contributed by atoms with E-state index in [4.69, 9.17) is 0 Å². The van der Waals surface area contributed by atoms with Crippen molar-refractivity contribution in [2.75, 3.05) is 0 Å². The summed E-state index contributed by atoms with van der Waals surface area (Å²) in [7, 11) is 0. The second-order valence-electron chi connectivity index (χ2n) is 7.58. The van der Waals surface area contributed by atoms with Crippen LogP contribution in [0.15, 0.2) is 72.9 Å². The number of hydrogen-bond acceptors (Lipinski definition) is 1. The van der Waals surface area contributed by atoms with Gasteiger partial charge in [0.2, 0.25) is 0 Å². The van der Waals surface area contributed by atoms with Gasteiger partial charge in [-0.25, -0.2) is 0 Å². The van der Waals surface area contributed by atoms with E-state index in [1.165, 1.54) is 44.3 Å². The van der Waals surface area contributed by atoms with Crippen LogP contribution in [-0.2, 0) is 0 Å². The van der Waals surface area contributed by atoms with Crippen LogP contribution in [0.4, 0.5) is 0 Å². The van der Waals surface area contributed by atoms with E-state index in [2.05, 4.69) is 93.3 Å². The first-order valence-corrected chi connectivity index (χ1v) is 9.52. The first-order valence-electron chi connectivity index (χ1n) is 9.52. The second kappa shape index (κ2) is 7.00. The van der Waals surface area contributed by atoms with E-state index in [9.17, 15) is 0 Å². The molecule has 0 bridgehead atoms. The van der Waals surface area contributed by atoms with Gasteiger partial charge in [0, 0.05) is 17.5 Å². The molecule has 0 fully saturated rings. The first kappa shape index (κ1) is 17.5. The third-order valence-electron chi connectivity index (χ3n) is 5.69. The van der Waals surface area contributed by atoms with E-state index in [-0.39, 0.29) is 5.92 Å². The van der Waals surface area contributed by atoms with Gasteiger partial charge in [-0.15, -0.1) is 0 Å². The van der Waals surface area contributed by atoms with Crippen LogP contribution in [0.2, 0.25) is 0 Å². The molecule has 4 rings (SSSR count). The zero-order valence-corrected chi connectivity index (χ0v) is 16.5. The Balaban J connectivity index is 1.93. The van der Waals surface area contributed by atoms with Gasteiger partial charge in [0.25, 0.3) is 0 Å². The maximum atomic E-state index is 4.48. The molecule has 134 valence electrons. The fourth-order valence-electron chi connectivity index (χ4n) is 3.74. The summed E-state index contributed by atoms with van der Waals surface area (Å²) in [6.07, 6.45) is 1.85. The van der Waals surface area contributed by atoms with Gasteiger partial charge >= 0.3 is 0 Å². The Hall–Kier alpha value is -2.93. The summed E-state index contributed by atoms with van der Waals surface area (Å²) >= 11 is 0. The van der Waals surface area contributed by atoms with Crippen LogP contribution in [-0.4, -0.2) is 4.98 Å². The zero-order chi connectivity index (χ0) is 19.0. The van der Waals surface area contributed by atoms with Crippen LogP contribution in [0, 0.1) is 27.7 Å². The van der Waals surface area contributed by atoms with Crippen molar-refractivity contribution in [1.29, 1.82) is 0 Å². The Morgan fingerprint density at radius 2 is 1.15 bits per heavy atom. The molecule has 1 heteroatoms. The highest BCUT2D eigenvalue weighted by molar-refractivity contribution is 5.79. The lowest BCUT2D eigenvalue weighted by atomic mass is 9.82. The fourth-order valence-corrected chi connectivity index (χ4v) is 3.74. The molecule has 0 N–H and O–H groups in total. The summed E-state index contributed by atoms with van der Waals surface area (Å²) in [5.41, 5.74) is 10.4. The molecule has 1 aromatic heterocycles. The van der Waals surface area contributed by atoms with Gasteiger partial charge in [-0.1, -0.05) is 48.5 Å². The third kappa shape index (κ3) is 3.38. The SMILES string of the molecule is Cc1ccc(C(c2ccc(C)c(C)c2)c2ccc3ncccc3c2)cc1C. The lowest BCUT2D eigenvalue weighted by Crippen LogP contribution is -2.05. The Bertz CT molecular complexity index is 1070. The monoisotopic (exact) mass is 351 g/mol. The quantitative estimate of drug-likeness (QED) is 0.377. The Morgan fingerprint density at radius 3 is 1.74 bits per heavy atom. The number of pyridine rings is 1. The van der Waals surface area contributed by atoms with E-state index >= 15 is 0 Å². The Morgan fingerprint density at radius 1 is 0.593 bits per heavy atom. The number of fused-ring (bicyclic) bond motifs is 1. The molecule has 0 atom stereocenters. The highest BCUT2D eigenvalue weighted by atomic mass is 14.6. The van der Waals surface area contributed by atoms with Gasteiger partial charge in [-0.2, -0.15) is 0 Å². The van der Waals surface area contributed by atoms with Gasteiger partial charge in [-0.05, 0) is 84.8 Å². The van der Waals surface area contributed by atoms with E-state index in [0.717, 1.165) is 5.52 Å². The summed E-state index contributed by atoms with van der Waals surface area (Å²) in [5, 5.41) is 1.19. The Labute approximate surface area is 161 Å². The van der Waals surface area contributed by atoms with Crippen LogP contribution in [0.3, 0.4) is 0 Å². The molecule has 0 spiro atoms. The Kier molecular flexibility index (Phi) is 4.53. The molecule has 4 aromatic rings. The summed E-state index contributed by atoms with van der Waals surface area (Å²) < 4.78 is 0. The minimum Gasteiger partial charge on any atom is -0.256 e. The summed E-state index contributed by atoms with van der Waals surface area (Å²) in [4.78, 5) is 4.48. The molecule has 0 unspecified atom stereocenters. The minimum absolute atomic E-state index is 0.216. The summed E-state index contributed by atoms with van der Waals surface area (Å²) in [6, 6.07) is 24.5. The molecule has 0 saturated carbocycles. The first-order chi connectivity index (χ1) is 13.0. The van der Waals surface area contributed by atoms with Crippen molar-refractivity contribution >= 4 is 10.9 Å². The number of benzene rings is 3. The zero-order valence-electron chi connectivity index (χ0n) is 16.5. The summed E-state index contributed by atoms with van der Waals surface area (Å²) in [6.45, 7) is 8.73. The van der Waals surface area contributed by atoms with Gasteiger partial charge in [0.05, 0.1) is 5.52 Å². The fraction of sp³-hybridized carbons (Fsp3) is 0.192. The molecule has 0 radical (unpaired) electrons. The average Bonchev–Trinajstić information content (AvgIpc) is 2.67. The molecule has 1 nitrogen and oxygen atoms in total. The molecule has 0 aliphatic heterocycles. The van der Waals surface area contributed by atoms with Crippen molar-refractivity contribution in [3.63, 3.8) is 0 Å². The van der Waals surface area contributed by atoms with Crippen molar-refractivity contribution in [1.82, 2.24) is 4.98 Å². The number of nitrogens with zero attached hydrogens (tertiary/aromatic N) is 1. The van der Waals surface area contributed by atoms with E-state index in [1.807, 2.05) is 12.3 Å². The van der Waals surface area contributed by atoms with Crippen molar-refractivity contribution in [3.05, 3.63) is 112 Å². The highest BCUT2D eigenvalue weighted by Gasteiger charge is 2.18. The van der Waals surface area contributed by atoms with Gasteiger partial charge in [0.1, 0.15) is 0 Å². The third-order valence-corrected chi connectivity index (χ3v) is 5.69. The topological polar surface area (TPSA) is 12.9 Å². The van der Waals surface area contributed by atoms with Crippen molar-refractivity contribution in [2.45, 2.75) is 33.6 Å². The molecule has 0 aliphatic rings. The molecule has 0 amide bonds. The van der Waals surface area contributed by atoms with E-state index < -0.39 is 0 Å². The van der Waals surface area contributed by atoms with E-state index in [1.54, 1.807) is 0 Å². The van der Waals surface area contributed by atoms with Crippen LogP contribution >= 0.6 is 0 Å². The van der Waals surface area contributed by atoms with E-state index in [0.29, 0.717) is 0 Å². The molecule has 1 heterocycles. The number of aromatic nitrogens is 1. The smallest absolute Gasteiger partial charge is 0.0702 e. The van der Waals surface area contributed by atoms with Crippen LogP contribution in [0.1, 0.15) is 44.9 Å². The molecule has 3 aromatic carbocycles. The molecule has 0 saturated heterocycles. The largest absolute Gasteiger partial charge is 0.256 e. The predicted molar refractivity (Wildman–Crippen MR) is 115 cm³/mol. The molecule has 0 aliphatic carbocycles. The number of hydrogen-bond donors (Lipinski definition) is 0. The van der Waals surface area contributed by atoms with Crippen molar-refractivity contribution in [2.24, 2.45) is 0 Å². The van der Waals surface area contributed by atoms with Gasteiger partial charge < -0.3 is 0 Å². The minimum atomic E-state index is 0.216. The van der Waals surface area contributed by atoms with Crippen LogP contribution in [0.25, 0.3) is 10.9 Å². The molecular formula is C26H25N. The maximum Gasteiger partial charge on any atom is 0.0702 e. The number of aryl methyl sites for hydroxylation is 4. The van der Waals surface area contributed by atoms with Gasteiger partial charge in [-0.3, -0.25) is 4.98 Å². The maximum absolute atomic E-state index is 4.48. The van der Waals surface area contributed by atoms with Crippen molar-refractivity contribution in [3.8, 4) is 0 Å². The lowest BCUT2D eigenvalue weighted by Gasteiger charge is -2.21. The van der Waals surface area contributed by atoms with Crippen LogP contribution in [0.5, 0.6) is 0 Å². The average molecular weight is 351 g/mol. The van der Waals surface area contributed by atoms with Crippen LogP contribution < -0.4 is 0 Å². The van der Waals surface area contributed by atoms with Crippen molar-refractivity contribution < 1.29 is 0 Å². The predicted octanol–water partition coefficient (Wildman–Crippen LogP) is 6.65. The normalized spacial score (nSPS) is 11.3. The second-order valence-corrected chi connectivity index (χ2v) is 7.58. The highest BCUT2D eigenvalue weighted by Crippen LogP contribution is 2.35. The van der Waals surface area contributed by atoms with Gasteiger partial charge in [0.15, 0.2) is 0 Å². The standard InChI is InChI=1S/C26H25N/c1-17-7-9-22(14-19(17)3)26(23-10-8-18(2)20(4)15-23)24-11-12-25-21(16-24)6-5-13-27-25/h5-16,26H,1-4H3. The summed E-state index contributed by atoms with van der Waals surface area (Å²) in [5.74, 6) is 0.216.